The van der Waals surface area contributed by atoms with Crippen LogP contribution >= 0.6 is 11.3 Å². The summed E-state index contributed by atoms with van der Waals surface area (Å²) in [5, 5.41) is 12.2. The van der Waals surface area contributed by atoms with Crippen LogP contribution in [0, 0.1) is 18.8 Å². The Hall–Kier alpha value is -1.43. The number of hydrogen-bond acceptors (Lipinski definition) is 4. The summed E-state index contributed by atoms with van der Waals surface area (Å²) in [6.07, 6.45) is 0.702. The zero-order valence-corrected chi connectivity index (χ0v) is 12.8. The Kier molecular flexibility index (Phi) is 4.42. The summed E-state index contributed by atoms with van der Waals surface area (Å²) in [6, 6.07) is -0.430. The number of carboxylic acids is 1. The van der Waals surface area contributed by atoms with Gasteiger partial charge in [-0.3, -0.25) is 9.59 Å². The maximum Gasteiger partial charge on any atom is 0.309 e. The number of carboxylic acid groups (broad SMARTS) is 1. The van der Waals surface area contributed by atoms with E-state index in [9.17, 15) is 14.7 Å². The van der Waals surface area contributed by atoms with Gasteiger partial charge in [0.05, 0.1) is 22.7 Å². The first kappa shape index (κ1) is 15.0. The van der Waals surface area contributed by atoms with Crippen LogP contribution in [0.5, 0.6) is 0 Å². The van der Waals surface area contributed by atoms with Crippen molar-refractivity contribution in [1.29, 1.82) is 0 Å². The predicted octanol–water partition coefficient (Wildman–Crippen LogP) is 2.47. The molecule has 0 saturated carbocycles. The Balaban J connectivity index is 2.38. The molecule has 0 aromatic carbocycles. The molecule has 2 unspecified atom stereocenters. The van der Waals surface area contributed by atoms with Crippen molar-refractivity contribution < 1.29 is 14.7 Å². The highest BCUT2D eigenvalue weighted by Crippen LogP contribution is 2.37. The number of aryl methyl sites for hydroxylation is 1. The molecule has 1 aromatic heterocycles. The van der Waals surface area contributed by atoms with E-state index in [4.69, 9.17) is 0 Å². The third kappa shape index (κ3) is 3.00. The number of aliphatic carboxylic acids is 1. The van der Waals surface area contributed by atoms with Gasteiger partial charge in [-0.25, -0.2) is 4.98 Å². The lowest BCUT2D eigenvalue weighted by Gasteiger charge is -2.39. The maximum absolute atomic E-state index is 12.2. The number of thiazole rings is 1. The van der Waals surface area contributed by atoms with Gasteiger partial charge in [0.15, 0.2) is 0 Å². The van der Waals surface area contributed by atoms with E-state index in [1.165, 1.54) is 11.3 Å². The summed E-state index contributed by atoms with van der Waals surface area (Å²) in [4.78, 5) is 29.8. The van der Waals surface area contributed by atoms with Gasteiger partial charge in [0.25, 0.3) is 0 Å². The van der Waals surface area contributed by atoms with Gasteiger partial charge in [-0.15, -0.1) is 11.3 Å². The van der Waals surface area contributed by atoms with Gasteiger partial charge in [0.1, 0.15) is 0 Å². The number of carbonyl (C=O) groups excluding carboxylic acids is 1. The molecule has 2 rings (SSSR count). The molecule has 0 spiro atoms. The summed E-state index contributed by atoms with van der Waals surface area (Å²) in [6.45, 7) is 6.52. The molecule has 0 bridgehead atoms. The van der Waals surface area contributed by atoms with E-state index in [1.807, 2.05) is 26.2 Å². The standard InChI is InChI=1S/C14H20N2O3S/c1-8(2)6-16-12(17)5-4-10(14(18)19)13(16)11-7-20-9(3)15-11/h7-8,10,13H,4-6H2,1-3H3,(H,18,19). The molecule has 5 nitrogen and oxygen atoms in total. The summed E-state index contributed by atoms with van der Waals surface area (Å²) in [7, 11) is 0. The lowest BCUT2D eigenvalue weighted by molar-refractivity contribution is -0.152. The highest BCUT2D eigenvalue weighted by atomic mass is 32.1. The first-order valence-corrected chi connectivity index (χ1v) is 7.72. The third-order valence-corrected chi connectivity index (χ3v) is 4.32. The molecule has 0 radical (unpaired) electrons. The van der Waals surface area contributed by atoms with Crippen molar-refractivity contribution in [1.82, 2.24) is 9.88 Å². The van der Waals surface area contributed by atoms with Crippen molar-refractivity contribution in [2.24, 2.45) is 11.8 Å². The van der Waals surface area contributed by atoms with E-state index in [1.54, 1.807) is 4.90 Å². The van der Waals surface area contributed by atoms with E-state index in [0.717, 1.165) is 5.01 Å². The van der Waals surface area contributed by atoms with Gasteiger partial charge in [-0.05, 0) is 19.3 Å². The van der Waals surface area contributed by atoms with Gasteiger partial charge >= 0.3 is 5.97 Å². The van der Waals surface area contributed by atoms with E-state index >= 15 is 0 Å². The topological polar surface area (TPSA) is 70.5 Å². The molecule has 6 heteroatoms. The zero-order valence-electron chi connectivity index (χ0n) is 12.0. The predicted molar refractivity (Wildman–Crippen MR) is 76.5 cm³/mol. The Labute approximate surface area is 122 Å². The van der Waals surface area contributed by atoms with Crippen molar-refractivity contribution in [3.05, 3.63) is 16.1 Å². The number of piperidine rings is 1. The minimum atomic E-state index is -0.845. The number of carbonyl (C=O) groups is 2. The smallest absolute Gasteiger partial charge is 0.309 e. The van der Waals surface area contributed by atoms with E-state index in [0.29, 0.717) is 31.0 Å². The Bertz CT molecular complexity index is 512. The molecule has 1 aliphatic heterocycles. The molecule has 1 N–H and O–H groups in total. The number of rotatable bonds is 4. The van der Waals surface area contributed by atoms with Gasteiger partial charge in [-0.1, -0.05) is 13.8 Å². The molecule has 1 aromatic rings. The SMILES string of the molecule is Cc1nc(C2C(C(=O)O)CCC(=O)N2CC(C)C)cs1. The number of hydrogen-bond donors (Lipinski definition) is 1. The van der Waals surface area contributed by atoms with Crippen LogP contribution in [0.1, 0.15) is 43.4 Å². The number of nitrogens with zero attached hydrogens (tertiary/aromatic N) is 2. The second-order valence-corrected chi connectivity index (χ2v) is 6.72. The minimum Gasteiger partial charge on any atom is -0.481 e. The molecule has 1 fully saturated rings. The summed E-state index contributed by atoms with van der Waals surface area (Å²) in [5.41, 5.74) is 0.716. The molecular formula is C14H20N2O3S. The van der Waals surface area contributed by atoms with E-state index < -0.39 is 17.9 Å². The number of aromatic nitrogens is 1. The third-order valence-electron chi connectivity index (χ3n) is 3.53. The van der Waals surface area contributed by atoms with Crippen LogP contribution in [0.15, 0.2) is 5.38 Å². The van der Waals surface area contributed by atoms with E-state index in [-0.39, 0.29) is 5.91 Å². The molecule has 2 atom stereocenters. The number of likely N-dealkylation sites (tertiary alicyclic amines) is 1. The van der Waals surface area contributed by atoms with Gasteiger partial charge in [0.2, 0.25) is 5.91 Å². The fourth-order valence-corrected chi connectivity index (χ4v) is 3.34. The van der Waals surface area contributed by atoms with Crippen LogP contribution in [0.4, 0.5) is 0 Å². The fourth-order valence-electron chi connectivity index (χ4n) is 2.70. The van der Waals surface area contributed by atoms with Gasteiger partial charge < -0.3 is 10.0 Å². The van der Waals surface area contributed by atoms with Crippen molar-refractivity contribution >= 4 is 23.2 Å². The van der Waals surface area contributed by atoms with Crippen molar-refractivity contribution in [2.75, 3.05) is 6.54 Å². The maximum atomic E-state index is 12.2. The van der Waals surface area contributed by atoms with Crippen LogP contribution in [0.2, 0.25) is 0 Å². The Morgan fingerprint density at radius 1 is 1.60 bits per heavy atom. The first-order chi connectivity index (χ1) is 9.40. The molecule has 1 saturated heterocycles. The van der Waals surface area contributed by atoms with E-state index in [2.05, 4.69) is 4.98 Å². The molecule has 110 valence electrons. The lowest BCUT2D eigenvalue weighted by Crippen LogP contribution is -2.46. The second-order valence-electron chi connectivity index (χ2n) is 5.66. The largest absolute Gasteiger partial charge is 0.481 e. The minimum absolute atomic E-state index is 0.0341. The summed E-state index contributed by atoms with van der Waals surface area (Å²) >= 11 is 1.49. The van der Waals surface area contributed by atoms with Crippen LogP contribution in [-0.4, -0.2) is 33.4 Å². The quantitative estimate of drug-likeness (QED) is 0.926. The fraction of sp³-hybridized carbons (Fsp3) is 0.643. The van der Waals surface area contributed by atoms with Gasteiger partial charge in [-0.2, -0.15) is 0 Å². The lowest BCUT2D eigenvalue weighted by atomic mass is 9.86. The second kappa shape index (κ2) is 5.91. The Morgan fingerprint density at radius 3 is 2.80 bits per heavy atom. The van der Waals surface area contributed by atoms with Crippen molar-refractivity contribution in [3.63, 3.8) is 0 Å². The highest BCUT2D eigenvalue weighted by molar-refractivity contribution is 7.09. The normalized spacial score (nSPS) is 23.4. The molecule has 1 amide bonds. The zero-order chi connectivity index (χ0) is 14.9. The van der Waals surface area contributed by atoms with Crippen LogP contribution in [-0.2, 0) is 9.59 Å². The molecular weight excluding hydrogens is 276 g/mol. The summed E-state index contributed by atoms with van der Waals surface area (Å²) < 4.78 is 0. The monoisotopic (exact) mass is 296 g/mol. The average Bonchev–Trinajstić information content (AvgIpc) is 2.77. The average molecular weight is 296 g/mol. The highest BCUT2D eigenvalue weighted by Gasteiger charge is 2.41. The molecule has 2 heterocycles. The van der Waals surface area contributed by atoms with Crippen LogP contribution in [0.3, 0.4) is 0 Å². The molecule has 1 aliphatic rings. The van der Waals surface area contributed by atoms with Crippen molar-refractivity contribution in [3.8, 4) is 0 Å². The van der Waals surface area contributed by atoms with Crippen LogP contribution < -0.4 is 0 Å². The van der Waals surface area contributed by atoms with Crippen molar-refractivity contribution in [2.45, 2.75) is 39.7 Å². The summed E-state index contributed by atoms with van der Waals surface area (Å²) in [5.74, 6) is -1.07. The number of amides is 1. The van der Waals surface area contributed by atoms with Gasteiger partial charge in [0, 0.05) is 18.3 Å². The van der Waals surface area contributed by atoms with Crippen LogP contribution in [0.25, 0.3) is 0 Å². The molecule has 20 heavy (non-hydrogen) atoms. The Morgan fingerprint density at radius 2 is 2.30 bits per heavy atom. The first-order valence-electron chi connectivity index (χ1n) is 6.84. The molecule has 0 aliphatic carbocycles.